The Morgan fingerprint density at radius 2 is 2.05 bits per heavy atom. The second kappa shape index (κ2) is 7.28. The molecule has 0 radical (unpaired) electrons. The van der Waals surface area contributed by atoms with E-state index in [0.717, 1.165) is 4.90 Å². The normalized spacial score (nSPS) is 10.1. The SMILES string of the molecule is N#Cc1ccc(NC(=O)N(CCO)CC(F)F)cc1. The van der Waals surface area contributed by atoms with Gasteiger partial charge in [0.2, 0.25) is 0 Å². The molecule has 0 saturated heterocycles. The summed E-state index contributed by atoms with van der Waals surface area (Å²) in [5, 5.41) is 19.8. The smallest absolute Gasteiger partial charge is 0.322 e. The van der Waals surface area contributed by atoms with Crippen LogP contribution in [0, 0.1) is 11.3 Å². The Bertz CT molecular complexity index is 457. The molecule has 5 nitrogen and oxygen atoms in total. The highest BCUT2D eigenvalue weighted by Gasteiger charge is 2.17. The van der Waals surface area contributed by atoms with E-state index in [2.05, 4.69) is 5.32 Å². The van der Waals surface area contributed by atoms with Crippen molar-refractivity contribution in [1.29, 1.82) is 5.26 Å². The maximum atomic E-state index is 12.3. The van der Waals surface area contributed by atoms with E-state index in [4.69, 9.17) is 10.4 Å². The Labute approximate surface area is 109 Å². The van der Waals surface area contributed by atoms with E-state index in [1.807, 2.05) is 6.07 Å². The molecule has 0 aromatic heterocycles. The molecular formula is C12H13F2N3O2. The number of carbonyl (C=O) groups excluding carboxylic acids is 1. The molecule has 0 aliphatic rings. The summed E-state index contributed by atoms with van der Waals surface area (Å²) in [7, 11) is 0. The summed E-state index contributed by atoms with van der Waals surface area (Å²) >= 11 is 0. The molecule has 102 valence electrons. The first-order valence-electron chi connectivity index (χ1n) is 5.52. The molecule has 0 spiro atoms. The van der Waals surface area contributed by atoms with Crippen LogP contribution in [0.3, 0.4) is 0 Å². The standard InChI is InChI=1S/C12H13F2N3O2/c13-11(14)8-17(5-6-18)12(19)16-10-3-1-9(7-15)2-4-10/h1-4,11,18H,5-6,8H2,(H,16,19). The summed E-state index contributed by atoms with van der Waals surface area (Å²) in [6.07, 6.45) is -2.67. The van der Waals surface area contributed by atoms with Crippen molar-refractivity contribution < 1.29 is 18.7 Å². The summed E-state index contributed by atoms with van der Waals surface area (Å²) in [4.78, 5) is 12.5. The second-order valence-electron chi connectivity index (χ2n) is 3.68. The number of aliphatic hydroxyl groups is 1. The third kappa shape index (κ3) is 4.89. The summed E-state index contributed by atoms with van der Waals surface area (Å²) in [5.41, 5.74) is 0.819. The van der Waals surface area contributed by atoms with Gasteiger partial charge in [-0.05, 0) is 24.3 Å². The van der Waals surface area contributed by atoms with Gasteiger partial charge in [0.15, 0.2) is 0 Å². The highest BCUT2D eigenvalue weighted by Crippen LogP contribution is 2.10. The van der Waals surface area contributed by atoms with Crippen molar-refractivity contribution in [2.24, 2.45) is 0 Å². The van der Waals surface area contributed by atoms with Crippen molar-refractivity contribution in [3.63, 3.8) is 0 Å². The number of halogens is 2. The average molecular weight is 269 g/mol. The van der Waals surface area contributed by atoms with Gasteiger partial charge in [-0.3, -0.25) is 0 Å². The van der Waals surface area contributed by atoms with Gasteiger partial charge >= 0.3 is 6.03 Å². The molecule has 7 heteroatoms. The molecule has 1 rings (SSSR count). The average Bonchev–Trinajstić information content (AvgIpc) is 2.38. The lowest BCUT2D eigenvalue weighted by molar-refractivity contribution is 0.0943. The number of urea groups is 1. The Hall–Kier alpha value is -2.20. The Balaban J connectivity index is 2.67. The molecule has 0 heterocycles. The van der Waals surface area contributed by atoms with E-state index in [-0.39, 0.29) is 6.54 Å². The number of amides is 2. The summed E-state index contributed by atoms with van der Waals surface area (Å²) < 4.78 is 24.5. The van der Waals surface area contributed by atoms with E-state index in [9.17, 15) is 13.6 Å². The van der Waals surface area contributed by atoms with Crippen molar-refractivity contribution in [2.75, 3.05) is 25.0 Å². The predicted octanol–water partition coefficient (Wildman–Crippen LogP) is 1.65. The fourth-order valence-corrected chi connectivity index (χ4v) is 1.39. The first-order chi connectivity index (χ1) is 9.06. The van der Waals surface area contributed by atoms with Crippen molar-refractivity contribution in [1.82, 2.24) is 4.90 Å². The molecular weight excluding hydrogens is 256 g/mol. The Kier molecular flexibility index (Phi) is 5.70. The van der Waals surface area contributed by atoms with Crippen LogP contribution in [0.4, 0.5) is 19.3 Å². The number of hydrogen-bond acceptors (Lipinski definition) is 3. The largest absolute Gasteiger partial charge is 0.395 e. The topological polar surface area (TPSA) is 76.4 Å². The molecule has 0 atom stereocenters. The Morgan fingerprint density at radius 3 is 2.53 bits per heavy atom. The highest BCUT2D eigenvalue weighted by atomic mass is 19.3. The number of aliphatic hydroxyl groups excluding tert-OH is 1. The van der Waals surface area contributed by atoms with E-state index in [0.29, 0.717) is 11.3 Å². The number of alkyl halides is 2. The van der Waals surface area contributed by atoms with Gasteiger partial charge in [-0.1, -0.05) is 0 Å². The quantitative estimate of drug-likeness (QED) is 0.853. The minimum atomic E-state index is -2.67. The monoisotopic (exact) mass is 269 g/mol. The zero-order chi connectivity index (χ0) is 14.3. The van der Waals surface area contributed by atoms with Crippen LogP contribution in [0.15, 0.2) is 24.3 Å². The lowest BCUT2D eigenvalue weighted by Crippen LogP contribution is -2.40. The van der Waals surface area contributed by atoms with Crippen molar-refractivity contribution in [3.05, 3.63) is 29.8 Å². The van der Waals surface area contributed by atoms with Crippen molar-refractivity contribution in [2.45, 2.75) is 6.43 Å². The van der Waals surface area contributed by atoms with Gasteiger partial charge in [-0.25, -0.2) is 13.6 Å². The van der Waals surface area contributed by atoms with Crippen LogP contribution in [-0.4, -0.2) is 42.2 Å². The van der Waals surface area contributed by atoms with E-state index < -0.39 is 25.6 Å². The number of nitrogens with zero attached hydrogens (tertiary/aromatic N) is 2. The maximum Gasteiger partial charge on any atom is 0.322 e. The van der Waals surface area contributed by atoms with Gasteiger partial charge in [-0.2, -0.15) is 5.26 Å². The Morgan fingerprint density at radius 1 is 1.42 bits per heavy atom. The zero-order valence-corrected chi connectivity index (χ0v) is 10.0. The molecule has 0 unspecified atom stereocenters. The van der Waals surface area contributed by atoms with E-state index in [1.54, 1.807) is 0 Å². The van der Waals surface area contributed by atoms with Crippen LogP contribution >= 0.6 is 0 Å². The number of nitrogens with one attached hydrogen (secondary N) is 1. The van der Waals surface area contributed by atoms with Gasteiger partial charge < -0.3 is 15.3 Å². The van der Waals surface area contributed by atoms with Gasteiger partial charge in [0, 0.05) is 12.2 Å². The van der Waals surface area contributed by atoms with E-state index >= 15 is 0 Å². The van der Waals surface area contributed by atoms with Crippen molar-refractivity contribution >= 4 is 11.7 Å². The molecule has 1 aromatic carbocycles. The third-order valence-corrected chi connectivity index (χ3v) is 2.28. The van der Waals surface area contributed by atoms with Crippen LogP contribution in [0.5, 0.6) is 0 Å². The van der Waals surface area contributed by atoms with Crippen molar-refractivity contribution in [3.8, 4) is 6.07 Å². The van der Waals surface area contributed by atoms with Gasteiger partial charge in [0.05, 0.1) is 24.8 Å². The first-order valence-corrected chi connectivity index (χ1v) is 5.52. The molecule has 2 amide bonds. The molecule has 0 saturated carbocycles. The van der Waals surface area contributed by atoms with E-state index in [1.165, 1.54) is 24.3 Å². The molecule has 1 aromatic rings. The number of hydrogen-bond donors (Lipinski definition) is 2. The summed E-state index contributed by atoms with van der Waals surface area (Å²) in [5.74, 6) is 0. The summed E-state index contributed by atoms with van der Waals surface area (Å²) in [6.45, 7) is -1.32. The fraction of sp³-hybridized carbons (Fsp3) is 0.333. The number of benzene rings is 1. The number of rotatable bonds is 5. The maximum absolute atomic E-state index is 12.3. The van der Waals surface area contributed by atoms with Gasteiger partial charge in [-0.15, -0.1) is 0 Å². The number of carbonyl (C=O) groups is 1. The number of nitriles is 1. The third-order valence-electron chi connectivity index (χ3n) is 2.28. The van der Waals surface area contributed by atoms with Crippen LogP contribution < -0.4 is 5.32 Å². The minimum Gasteiger partial charge on any atom is -0.395 e. The lowest BCUT2D eigenvalue weighted by atomic mass is 10.2. The molecule has 0 aliphatic heterocycles. The molecule has 0 aliphatic carbocycles. The van der Waals surface area contributed by atoms with Crippen LogP contribution in [0.2, 0.25) is 0 Å². The predicted molar refractivity (Wildman–Crippen MR) is 64.8 cm³/mol. The fourth-order valence-electron chi connectivity index (χ4n) is 1.39. The first kappa shape index (κ1) is 14.9. The molecule has 19 heavy (non-hydrogen) atoms. The zero-order valence-electron chi connectivity index (χ0n) is 10.0. The second-order valence-corrected chi connectivity index (χ2v) is 3.68. The summed E-state index contributed by atoms with van der Waals surface area (Å²) in [6, 6.07) is 7.19. The number of anilines is 1. The van der Waals surface area contributed by atoms with Crippen LogP contribution in [-0.2, 0) is 0 Å². The lowest BCUT2D eigenvalue weighted by Gasteiger charge is -2.21. The minimum absolute atomic E-state index is 0.174. The molecule has 0 bridgehead atoms. The molecule has 0 fully saturated rings. The van der Waals surface area contributed by atoms with Crippen LogP contribution in [0.25, 0.3) is 0 Å². The van der Waals surface area contributed by atoms with Gasteiger partial charge in [0.1, 0.15) is 0 Å². The van der Waals surface area contributed by atoms with Gasteiger partial charge in [0.25, 0.3) is 6.43 Å². The van der Waals surface area contributed by atoms with Crippen LogP contribution in [0.1, 0.15) is 5.56 Å². The highest BCUT2D eigenvalue weighted by molar-refractivity contribution is 5.89. The molecule has 2 N–H and O–H groups in total.